The van der Waals surface area contributed by atoms with Gasteiger partial charge in [-0.3, -0.25) is 14.5 Å². The zero-order chi connectivity index (χ0) is 18.6. The van der Waals surface area contributed by atoms with E-state index in [9.17, 15) is 4.79 Å². The Morgan fingerprint density at radius 1 is 1.04 bits per heavy atom. The van der Waals surface area contributed by atoms with Crippen molar-refractivity contribution in [1.82, 2.24) is 14.8 Å². The summed E-state index contributed by atoms with van der Waals surface area (Å²) >= 11 is 0. The Kier molecular flexibility index (Phi) is 5.12. The molecule has 2 heterocycles. The van der Waals surface area contributed by atoms with Gasteiger partial charge in [-0.1, -0.05) is 25.1 Å². The summed E-state index contributed by atoms with van der Waals surface area (Å²) in [5, 5.41) is 4.80. The van der Waals surface area contributed by atoms with Crippen LogP contribution in [0, 0.1) is 0 Å². The Labute approximate surface area is 159 Å². The molecule has 138 valence electrons. The van der Waals surface area contributed by atoms with E-state index in [-0.39, 0.29) is 5.78 Å². The van der Waals surface area contributed by atoms with Crippen LogP contribution in [0.4, 0.5) is 0 Å². The molecule has 0 fully saturated rings. The number of aryl methyl sites for hydroxylation is 1. The quantitative estimate of drug-likeness (QED) is 0.593. The summed E-state index contributed by atoms with van der Waals surface area (Å²) in [4.78, 5) is 16.1. The fourth-order valence-electron chi connectivity index (χ4n) is 3.50. The molecule has 0 aliphatic heterocycles. The van der Waals surface area contributed by atoms with Gasteiger partial charge < -0.3 is 4.74 Å². The number of nitrogens with zero attached hydrogens (tertiary/aromatic N) is 3. The highest BCUT2D eigenvalue weighted by molar-refractivity contribution is 6.01. The molecule has 2 aromatic heterocycles. The molecule has 0 atom stereocenters. The summed E-state index contributed by atoms with van der Waals surface area (Å²) in [5.41, 5.74) is 6.12. The lowest BCUT2D eigenvalue weighted by Crippen LogP contribution is -2.07. The molecule has 0 saturated heterocycles. The molecule has 0 bridgehead atoms. The predicted octanol–water partition coefficient (Wildman–Crippen LogP) is 4.17. The minimum absolute atomic E-state index is 0.245. The highest BCUT2D eigenvalue weighted by Gasteiger charge is 2.21. The lowest BCUT2D eigenvalue weighted by Gasteiger charge is -2.05. The van der Waals surface area contributed by atoms with Crippen LogP contribution in [0.2, 0.25) is 0 Å². The lowest BCUT2D eigenvalue weighted by molar-refractivity contribution is 0.0994. The molecule has 0 amide bonds. The van der Waals surface area contributed by atoms with Gasteiger partial charge in [0.05, 0.1) is 13.2 Å². The second-order valence-corrected chi connectivity index (χ2v) is 6.80. The van der Waals surface area contributed by atoms with Gasteiger partial charge in [0, 0.05) is 48.3 Å². The van der Waals surface area contributed by atoms with E-state index >= 15 is 0 Å². The van der Waals surface area contributed by atoms with Gasteiger partial charge in [0.25, 0.3) is 0 Å². The molecular formula is C22H23N3O2. The van der Waals surface area contributed by atoms with E-state index in [1.807, 2.05) is 28.9 Å². The van der Waals surface area contributed by atoms with Crippen molar-refractivity contribution in [3.63, 3.8) is 0 Å². The first-order valence-corrected chi connectivity index (χ1v) is 9.48. The topological polar surface area (TPSA) is 57.0 Å². The van der Waals surface area contributed by atoms with Crippen LogP contribution >= 0.6 is 0 Å². The van der Waals surface area contributed by atoms with Crippen molar-refractivity contribution in [3.05, 3.63) is 60.0 Å². The van der Waals surface area contributed by atoms with E-state index in [4.69, 9.17) is 9.84 Å². The second-order valence-electron chi connectivity index (χ2n) is 6.80. The molecule has 0 unspecified atom stereocenters. The summed E-state index contributed by atoms with van der Waals surface area (Å²) in [6.07, 6.45) is 8.09. The second kappa shape index (κ2) is 7.84. The number of benzene rings is 1. The van der Waals surface area contributed by atoms with Crippen LogP contribution in [0.15, 0.2) is 48.9 Å². The number of ketones is 1. The first kappa shape index (κ1) is 17.6. The summed E-state index contributed by atoms with van der Waals surface area (Å²) in [7, 11) is 0. The van der Waals surface area contributed by atoms with Crippen molar-refractivity contribution in [2.24, 2.45) is 0 Å². The third-order valence-electron chi connectivity index (χ3n) is 4.87. The van der Waals surface area contributed by atoms with Gasteiger partial charge in [-0.25, -0.2) is 0 Å². The summed E-state index contributed by atoms with van der Waals surface area (Å²) in [6.45, 7) is 4.22. The maximum Gasteiger partial charge on any atom is 0.163 e. The number of pyridine rings is 1. The third-order valence-corrected chi connectivity index (χ3v) is 4.87. The van der Waals surface area contributed by atoms with E-state index < -0.39 is 0 Å². The standard InChI is InChI=1S/C22H23N3O2/c1-2-12-27-13-11-25-15-20(22(24-25)16-7-9-23-10-8-16)18-3-5-19-17(14-18)4-6-21(19)26/h3,5,7-10,14-15H,2,4,6,11-13H2,1H3. The number of ether oxygens (including phenoxy) is 1. The average Bonchev–Trinajstić information content (AvgIpc) is 3.30. The van der Waals surface area contributed by atoms with Crippen molar-refractivity contribution in [1.29, 1.82) is 0 Å². The molecule has 5 nitrogen and oxygen atoms in total. The highest BCUT2D eigenvalue weighted by Crippen LogP contribution is 2.33. The number of carbonyl (C=O) groups excluding carboxylic acids is 1. The molecule has 0 saturated carbocycles. The van der Waals surface area contributed by atoms with Crippen molar-refractivity contribution in [3.8, 4) is 22.4 Å². The van der Waals surface area contributed by atoms with E-state index in [1.165, 1.54) is 0 Å². The largest absolute Gasteiger partial charge is 0.380 e. The van der Waals surface area contributed by atoms with Gasteiger partial charge in [-0.15, -0.1) is 0 Å². The Hall–Kier alpha value is -2.79. The van der Waals surface area contributed by atoms with Gasteiger partial charge in [-0.2, -0.15) is 5.10 Å². The summed E-state index contributed by atoms with van der Waals surface area (Å²) < 4.78 is 7.55. The molecule has 1 aliphatic carbocycles. The van der Waals surface area contributed by atoms with Crippen molar-refractivity contribution < 1.29 is 9.53 Å². The van der Waals surface area contributed by atoms with E-state index in [1.54, 1.807) is 12.4 Å². The number of carbonyl (C=O) groups is 1. The van der Waals surface area contributed by atoms with Gasteiger partial charge in [0.15, 0.2) is 5.78 Å². The van der Waals surface area contributed by atoms with E-state index in [0.717, 1.165) is 53.0 Å². The molecule has 27 heavy (non-hydrogen) atoms. The van der Waals surface area contributed by atoms with Crippen LogP contribution < -0.4 is 0 Å². The normalized spacial score (nSPS) is 13.1. The van der Waals surface area contributed by atoms with Crippen molar-refractivity contribution in [2.45, 2.75) is 32.7 Å². The minimum Gasteiger partial charge on any atom is -0.380 e. The van der Waals surface area contributed by atoms with Crippen LogP contribution in [0.5, 0.6) is 0 Å². The molecule has 0 radical (unpaired) electrons. The number of fused-ring (bicyclic) bond motifs is 1. The highest BCUT2D eigenvalue weighted by atomic mass is 16.5. The predicted molar refractivity (Wildman–Crippen MR) is 105 cm³/mol. The molecule has 4 rings (SSSR count). The number of aromatic nitrogens is 3. The number of Topliss-reactive ketones (excluding diaryl/α,β-unsaturated/α-hetero) is 1. The minimum atomic E-state index is 0.245. The molecule has 0 spiro atoms. The molecule has 0 N–H and O–H groups in total. The maximum absolute atomic E-state index is 11.9. The van der Waals surface area contributed by atoms with Gasteiger partial charge in [0.1, 0.15) is 5.69 Å². The smallest absolute Gasteiger partial charge is 0.163 e. The van der Waals surface area contributed by atoms with Crippen molar-refractivity contribution >= 4 is 5.78 Å². The van der Waals surface area contributed by atoms with Gasteiger partial charge in [-0.05, 0) is 36.1 Å². The van der Waals surface area contributed by atoms with Gasteiger partial charge in [0.2, 0.25) is 0 Å². The van der Waals surface area contributed by atoms with Crippen LogP contribution in [0.3, 0.4) is 0 Å². The number of hydrogen-bond acceptors (Lipinski definition) is 4. The Morgan fingerprint density at radius 3 is 2.70 bits per heavy atom. The number of rotatable bonds is 7. The molecule has 1 aromatic carbocycles. The van der Waals surface area contributed by atoms with Crippen molar-refractivity contribution in [2.75, 3.05) is 13.2 Å². The molecule has 3 aromatic rings. The Morgan fingerprint density at radius 2 is 1.89 bits per heavy atom. The first-order chi connectivity index (χ1) is 13.3. The van der Waals surface area contributed by atoms with Crippen LogP contribution in [-0.2, 0) is 17.7 Å². The fraction of sp³-hybridized carbons (Fsp3) is 0.318. The van der Waals surface area contributed by atoms with Crippen LogP contribution in [0.1, 0.15) is 35.7 Å². The summed E-state index contributed by atoms with van der Waals surface area (Å²) in [6, 6.07) is 10.1. The van der Waals surface area contributed by atoms with E-state index in [0.29, 0.717) is 19.6 Å². The zero-order valence-corrected chi connectivity index (χ0v) is 15.5. The fourth-order valence-corrected chi connectivity index (χ4v) is 3.50. The Balaban J connectivity index is 1.70. The van der Waals surface area contributed by atoms with Gasteiger partial charge >= 0.3 is 0 Å². The maximum atomic E-state index is 11.9. The first-order valence-electron chi connectivity index (χ1n) is 9.48. The third kappa shape index (κ3) is 3.69. The zero-order valence-electron chi connectivity index (χ0n) is 15.5. The van der Waals surface area contributed by atoms with E-state index in [2.05, 4.69) is 24.2 Å². The SMILES string of the molecule is CCCOCCn1cc(-c2ccc3c(c2)CCC3=O)c(-c2ccncc2)n1. The molecule has 1 aliphatic rings. The van der Waals surface area contributed by atoms with Crippen LogP contribution in [0.25, 0.3) is 22.4 Å². The molecular weight excluding hydrogens is 338 g/mol. The average molecular weight is 361 g/mol. The molecule has 5 heteroatoms. The monoisotopic (exact) mass is 361 g/mol. The Bertz CT molecular complexity index is 947. The van der Waals surface area contributed by atoms with Crippen LogP contribution in [-0.4, -0.2) is 33.8 Å². The number of hydrogen-bond donors (Lipinski definition) is 0. The summed E-state index contributed by atoms with van der Waals surface area (Å²) in [5.74, 6) is 0.245. The lowest BCUT2D eigenvalue weighted by atomic mass is 9.98.